The minimum Gasteiger partial charge on any atom is -0.287 e. The molecule has 0 spiro atoms. The minimum atomic E-state index is 0.993. The van der Waals surface area contributed by atoms with Crippen molar-refractivity contribution in [2.45, 2.75) is 32.6 Å². The van der Waals surface area contributed by atoms with Gasteiger partial charge < -0.3 is 0 Å². The normalized spacial score (nSPS) is 14.2. The standard InChI is InChI=1S/C16H16N2S/c1-2-12-15(11-7-4-3-5-8-11)18-13-9-6-10-14(13)19-16(18)17-12/h3-5,7-8H,2,6,9-10H2,1H3. The predicted octanol–water partition coefficient (Wildman–Crippen LogP) is 4.11. The van der Waals surface area contributed by atoms with Crippen molar-refractivity contribution in [3.05, 3.63) is 46.6 Å². The Labute approximate surface area is 116 Å². The molecule has 0 saturated carbocycles. The van der Waals surface area contributed by atoms with Crippen LogP contribution < -0.4 is 0 Å². The zero-order chi connectivity index (χ0) is 12.8. The van der Waals surface area contributed by atoms with Gasteiger partial charge in [-0.1, -0.05) is 37.3 Å². The molecule has 1 aliphatic carbocycles. The van der Waals surface area contributed by atoms with Crippen molar-refractivity contribution in [2.24, 2.45) is 0 Å². The van der Waals surface area contributed by atoms with Crippen molar-refractivity contribution in [1.29, 1.82) is 0 Å². The van der Waals surface area contributed by atoms with Gasteiger partial charge in [-0.05, 0) is 25.7 Å². The molecule has 0 radical (unpaired) electrons. The Bertz CT molecular complexity index is 737. The largest absolute Gasteiger partial charge is 0.287 e. The fraction of sp³-hybridized carbons (Fsp3) is 0.312. The zero-order valence-electron chi connectivity index (χ0n) is 11.0. The molecule has 0 fully saturated rings. The molecule has 96 valence electrons. The molecule has 0 saturated heterocycles. The van der Waals surface area contributed by atoms with Crippen molar-refractivity contribution in [1.82, 2.24) is 9.38 Å². The van der Waals surface area contributed by atoms with E-state index in [9.17, 15) is 0 Å². The van der Waals surface area contributed by atoms with Crippen LogP contribution in [0.4, 0.5) is 0 Å². The number of thiazole rings is 1. The highest BCUT2D eigenvalue weighted by Gasteiger charge is 2.23. The second-order valence-corrected chi connectivity index (χ2v) is 6.13. The van der Waals surface area contributed by atoms with Crippen LogP contribution in [0.5, 0.6) is 0 Å². The Kier molecular flexibility index (Phi) is 2.49. The molecule has 1 aromatic carbocycles. The van der Waals surface area contributed by atoms with Crippen LogP contribution in [-0.2, 0) is 19.3 Å². The Hall–Kier alpha value is -1.61. The molecule has 2 heterocycles. The number of imidazole rings is 1. The first-order valence-electron chi connectivity index (χ1n) is 6.95. The van der Waals surface area contributed by atoms with Gasteiger partial charge in [0.1, 0.15) is 0 Å². The first-order chi connectivity index (χ1) is 9.38. The molecular formula is C16H16N2S. The van der Waals surface area contributed by atoms with Crippen molar-refractivity contribution >= 4 is 16.3 Å². The van der Waals surface area contributed by atoms with Crippen molar-refractivity contribution < 1.29 is 0 Å². The molecule has 0 unspecified atom stereocenters. The monoisotopic (exact) mass is 268 g/mol. The smallest absolute Gasteiger partial charge is 0.194 e. The third kappa shape index (κ3) is 1.58. The summed E-state index contributed by atoms with van der Waals surface area (Å²) in [6.45, 7) is 2.19. The molecule has 2 nitrogen and oxygen atoms in total. The van der Waals surface area contributed by atoms with E-state index in [-0.39, 0.29) is 0 Å². The van der Waals surface area contributed by atoms with Crippen LogP contribution in [0.15, 0.2) is 30.3 Å². The maximum absolute atomic E-state index is 4.85. The lowest BCUT2D eigenvalue weighted by Gasteiger charge is -2.05. The number of nitrogens with zero attached hydrogens (tertiary/aromatic N) is 2. The Morgan fingerprint density at radius 1 is 1.21 bits per heavy atom. The fourth-order valence-corrected chi connectivity index (χ4v) is 4.28. The van der Waals surface area contributed by atoms with E-state index < -0.39 is 0 Å². The number of benzene rings is 1. The summed E-state index contributed by atoms with van der Waals surface area (Å²) in [5, 5.41) is 0. The van der Waals surface area contributed by atoms with Gasteiger partial charge in [-0.2, -0.15) is 0 Å². The van der Waals surface area contributed by atoms with Gasteiger partial charge in [0.2, 0.25) is 0 Å². The molecule has 0 amide bonds. The molecule has 3 aromatic rings. The van der Waals surface area contributed by atoms with Gasteiger partial charge in [0.05, 0.1) is 11.4 Å². The molecule has 0 aliphatic heterocycles. The summed E-state index contributed by atoms with van der Waals surface area (Å²) in [5.41, 5.74) is 5.34. The maximum atomic E-state index is 4.85. The summed E-state index contributed by atoms with van der Waals surface area (Å²) in [5.74, 6) is 0. The first kappa shape index (κ1) is 11.2. The zero-order valence-corrected chi connectivity index (χ0v) is 11.8. The molecule has 2 aromatic heterocycles. The van der Waals surface area contributed by atoms with Gasteiger partial charge in [0.15, 0.2) is 4.96 Å². The second-order valence-electron chi connectivity index (χ2n) is 5.07. The number of fused-ring (bicyclic) bond motifs is 3. The summed E-state index contributed by atoms with van der Waals surface area (Å²) >= 11 is 1.88. The van der Waals surface area contributed by atoms with E-state index in [1.807, 2.05) is 11.3 Å². The number of hydrogen-bond donors (Lipinski definition) is 0. The van der Waals surface area contributed by atoms with Gasteiger partial charge in [-0.15, -0.1) is 11.3 Å². The average molecular weight is 268 g/mol. The lowest BCUT2D eigenvalue weighted by molar-refractivity contribution is 0.889. The summed E-state index contributed by atoms with van der Waals surface area (Å²) in [6, 6.07) is 10.7. The summed E-state index contributed by atoms with van der Waals surface area (Å²) < 4.78 is 2.42. The quantitative estimate of drug-likeness (QED) is 0.683. The van der Waals surface area contributed by atoms with E-state index in [1.165, 1.54) is 46.9 Å². The summed E-state index contributed by atoms with van der Waals surface area (Å²) in [6.07, 6.45) is 4.73. The fourth-order valence-electron chi connectivity index (χ4n) is 3.06. The van der Waals surface area contributed by atoms with E-state index in [0.717, 1.165) is 6.42 Å². The highest BCUT2D eigenvalue weighted by molar-refractivity contribution is 7.17. The molecule has 3 heteroatoms. The summed E-state index contributed by atoms with van der Waals surface area (Å²) in [7, 11) is 0. The average Bonchev–Trinajstić information content (AvgIpc) is 3.09. The van der Waals surface area contributed by atoms with Gasteiger partial charge in [-0.25, -0.2) is 4.98 Å². The Morgan fingerprint density at radius 3 is 2.84 bits per heavy atom. The third-order valence-electron chi connectivity index (χ3n) is 3.92. The van der Waals surface area contributed by atoms with E-state index in [2.05, 4.69) is 41.7 Å². The van der Waals surface area contributed by atoms with Crippen molar-refractivity contribution in [2.75, 3.05) is 0 Å². The van der Waals surface area contributed by atoms with E-state index in [1.54, 1.807) is 4.88 Å². The molecular weight excluding hydrogens is 252 g/mol. The molecule has 19 heavy (non-hydrogen) atoms. The number of rotatable bonds is 2. The Morgan fingerprint density at radius 2 is 2.05 bits per heavy atom. The van der Waals surface area contributed by atoms with Crippen LogP contribution in [0.25, 0.3) is 16.2 Å². The molecule has 0 atom stereocenters. The number of hydrogen-bond acceptors (Lipinski definition) is 2. The van der Waals surface area contributed by atoms with Crippen molar-refractivity contribution in [3.63, 3.8) is 0 Å². The molecule has 4 rings (SSSR count). The van der Waals surface area contributed by atoms with Crippen LogP contribution in [0.1, 0.15) is 29.6 Å². The van der Waals surface area contributed by atoms with Crippen molar-refractivity contribution in [3.8, 4) is 11.3 Å². The van der Waals surface area contributed by atoms with Crippen LogP contribution in [0.3, 0.4) is 0 Å². The van der Waals surface area contributed by atoms with Gasteiger partial charge in [0, 0.05) is 16.1 Å². The molecule has 0 N–H and O–H groups in total. The molecule has 0 bridgehead atoms. The minimum absolute atomic E-state index is 0.993. The lowest BCUT2D eigenvalue weighted by Crippen LogP contribution is -1.94. The van der Waals surface area contributed by atoms with Crippen LogP contribution in [-0.4, -0.2) is 9.38 Å². The highest BCUT2D eigenvalue weighted by atomic mass is 32.1. The summed E-state index contributed by atoms with van der Waals surface area (Å²) in [4.78, 5) is 7.58. The predicted molar refractivity (Wildman–Crippen MR) is 79.9 cm³/mol. The van der Waals surface area contributed by atoms with Crippen LogP contribution >= 0.6 is 11.3 Å². The van der Waals surface area contributed by atoms with Gasteiger partial charge in [0.25, 0.3) is 0 Å². The maximum Gasteiger partial charge on any atom is 0.194 e. The first-order valence-corrected chi connectivity index (χ1v) is 7.77. The number of aryl methyl sites for hydroxylation is 3. The van der Waals surface area contributed by atoms with Crippen LogP contribution in [0, 0.1) is 0 Å². The van der Waals surface area contributed by atoms with Crippen LogP contribution in [0.2, 0.25) is 0 Å². The van der Waals surface area contributed by atoms with E-state index in [0.29, 0.717) is 0 Å². The lowest BCUT2D eigenvalue weighted by atomic mass is 10.1. The van der Waals surface area contributed by atoms with Gasteiger partial charge >= 0.3 is 0 Å². The topological polar surface area (TPSA) is 17.3 Å². The Balaban J connectivity index is 2.06. The van der Waals surface area contributed by atoms with E-state index >= 15 is 0 Å². The third-order valence-corrected chi connectivity index (χ3v) is 5.07. The number of aromatic nitrogens is 2. The second kappa shape index (κ2) is 4.20. The van der Waals surface area contributed by atoms with Gasteiger partial charge in [-0.3, -0.25) is 4.40 Å². The van der Waals surface area contributed by atoms with E-state index in [4.69, 9.17) is 4.98 Å². The SMILES string of the molecule is CCc1nc2sc3c(n2c1-c1ccccc1)CCC3. The highest BCUT2D eigenvalue weighted by Crippen LogP contribution is 2.36. The molecule has 1 aliphatic rings.